The van der Waals surface area contributed by atoms with Crippen LogP contribution >= 0.6 is 0 Å². The molecule has 0 saturated heterocycles. The van der Waals surface area contributed by atoms with E-state index in [1.165, 1.54) is 0 Å². The van der Waals surface area contributed by atoms with Gasteiger partial charge < -0.3 is 5.11 Å². The molecule has 3 nitrogen and oxygen atoms in total. The van der Waals surface area contributed by atoms with Crippen molar-refractivity contribution in [2.75, 3.05) is 6.54 Å². The summed E-state index contributed by atoms with van der Waals surface area (Å²) in [5.74, 6) is 0. The lowest BCUT2D eigenvalue weighted by molar-refractivity contribution is 0.194. The first kappa shape index (κ1) is 5.27. The van der Waals surface area contributed by atoms with Crippen molar-refractivity contribution in [3.05, 3.63) is 6.92 Å². The Labute approximate surface area is 36.0 Å². The Morgan fingerprint density at radius 3 is 2.50 bits per heavy atom. The highest BCUT2D eigenvalue weighted by molar-refractivity contribution is 5.63. The Kier molecular flexibility index (Phi) is 2.20. The quantitative estimate of drug-likeness (QED) is 0.493. The van der Waals surface area contributed by atoms with Gasteiger partial charge in [-0.2, -0.15) is 0 Å². The van der Waals surface area contributed by atoms with Gasteiger partial charge in [0.15, 0.2) is 0 Å². The first-order valence-electron chi connectivity index (χ1n) is 1.47. The molecule has 0 spiro atoms. The molecule has 0 aliphatic rings. The molecule has 1 amide bonds. The van der Waals surface area contributed by atoms with E-state index in [0.29, 0.717) is 0 Å². The number of hydrogen-bond acceptors (Lipinski definition) is 1. The number of carbonyl (C=O) groups is 1. The van der Waals surface area contributed by atoms with E-state index in [1.54, 1.807) is 0 Å². The van der Waals surface area contributed by atoms with Crippen LogP contribution in [0.5, 0.6) is 0 Å². The fourth-order valence-electron chi connectivity index (χ4n) is 0.0956. The van der Waals surface area contributed by atoms with Gasteiger partial charge in [-0.3, -0.25) is 0 Å². The van der Waals surface area contributed by atoms with Gasteiger partial charge in [-0.1, -0.05) is 0 Å². The maximum atomic E-state index is 9.39. The zero-order valence-corrected chi connectivity index (χ0v) is 3.22. The van der Waals surface area contributed by atoms with Gasteiger partial charge in [0.2, 0.25) is 0 Å². The fourth-order valence-corrected chi connectivity index (χ4v) is 0.0956. The van der Waals surface area contributed by atoms with Gasteiger partial charge in [0.25, 0.3) is 0 Å². The van der Waals surface area contributed by atoms with E-state index in [1.807, 2.05) is 0 Å². The van der Waals surface area contributed by atoms with Gasteiger partial charge in [0.05, 0.1) is 0 Å². The van der Waals surface area contributed by atoms with Gasteiger partial charge in [-0.25, -0.2) is 10.1 Å². The van der Waals surface area contributed by atoms with Crippen molar-refractivity contribution in [2.24, 2.45) is 0 Å². The highest BCUT2D eigenvalue weighted by Crippen LogP contribution is 1.58. The largest absolute Gasteiger partial charge is 0.464 e. The zero-order chi connectivity index (χ0) is 4.99. The van der Waals surface area contributed by atoms with Crippen LogP contribution in [0.25, 0.3) is 0 Å². The summed E-state index contributed by atoms with van der Waals surface area (Å²) in [6, 6.07) is 0. The van der Waals surface area contributed by atoms with Crippen LogP contribution in [0.1, 0.15) is 0 Å². The van der Waals surface area contributed by atoms with Crippen LogP contribution in [0, 0.1) is 6.92 Å². The van der Waals surface area contributed by atoms with Crippen molar-refractivity contribution in [1.29, 1.82) is 0 Å². The van der Waals surface area contributed by atoms with Crippen LogP contribution in [-0.2, 0) is 0 Å². The summed E-state index contributed by atoms with van der Waals surface area (Å²) in [6.07, 6.45) is -1.15. The molecule has 0 fully saturated rings. The Bertz CT molecular complexity index is 52.8. The van der Waals surface area contributed by atoms with Crippen molar-refractivity contribution in [3.63, 3.8) is 0 Å². The molecule has 0 aromatic carbocycles. The monoisotopic (exact) mass is 87.0 g/mol. The summed E-state index contributed by atoms with van der Waals surface area (Å²) in [6.45, 7) is 3.28. The normalized spacial score (nSPS) is 7.50. The molecule has 34 valence electrons. The molecule has 0 rings (SSSR count). The van der Waals surface area contributed by atoms with E-state index in [0.717, 1.165) is 0 Å². The lowest BCUT2D eigenvalue weighted by Crippen LogP contribution is -2.10. The smallest absolute Gasteiger partial charge is 0.426 e. The van der Waals surface area contributed by atoms with E-state index >= 15 is 0 Å². The summed E-state index contributed by atoms with van der Waals surface area (Å²) in [7, 11) is 0. The second kappa shape index (κ2) is 2.50. The third-order valence-corrected chi connectivity index (χ3v) is 0.247. The van der Waals surface area contributed by atoms with Gasteiger partial charge in [-0.05, 0) is 6.92 Å². The maximum Gasteiger partial charge on any atom is 0.426 e. The Balaban J connectivity index is 2.83. The molecule has 0 aliphatic heterocycles. The van der Waals surface area contributed by atoms with Crippen molar-refractivity contribution in [3.8, 4) is 0 Å². The summed E-state index contributed by atoms with van der Waals surface area (Å²) in [5, 5.41) is 10.6. The molecular formula is C3H5NO2. The number of rotatable bonds is 1. The van der Waals surface area contributed by atoms with Crippen LogP contribution < -0.4 is 5.32 Å². The van der Waals surface area contributed by atoms with E-state index in [-0.39, 0.29) is 6.54 Å². The van der Waals surface area contributed by atoms with Crippen LogP contribution in [0.4, 0.5) is 4.79 Å². The Morgan fingerprint density at radius 2 is 2.50 bits per heavy atom. The molecule has 0 aromatic heterocycles. The molecule has 0 saturated carbocycles. The van der Waals surface area contributed by atoms with E-state index in [4.69, 9.17) is 5.11 Å². The number of nitrogens with zero attached hydrogens (tertiary/aromatic N) is 1. The average Bonchev–Trinajstić information content (AvgIpc) is 1.35. The van der Waals surface area contributed by atoms with E-state index in [9.17, 15) is 4.79 Å². The summed E-state index contributed by atoms with van der Waals surface area (Å²) in [5.41, 5.74) is 0. The van der Waals surface area contributed by atoms with Crippen LogP contribution in [0.3, 0.4) is 0 Å². The van der Waals surface area contributed by atoms with Gasteiger partial charge in [-0.15, -0.1) is 0 Å². The zero-order valence-electron chi connectivity index (χ0n) is 3.22. The van der Waals surface area contributed by atoms with Crippen LogP contribution in [0.2, 0.25) is 0 Å². The van der Waals surface area contributed by atoms with E-state index in [2.05, 4.69) is 12.2 Å². The third kappa shape index (κ3) is 3.27. The highest BCUT2D eigenvalue weighted by Gasteiger charge is 1.87. The highest BCUT2D eigenvalue weighted by atomic mass is 16.4. The van der Waals surface area contributed by atoms with Gasteiger partial charge in [0.1, 0.15) is 0 Å². The Hall–Kier alpha value is -0.730. The van der Waals surface area contributed by atoms with Crippen molar-refractivity contribution >= 4 is 6.09 Å². The minimum absolute atomic E-state index is 0.106. The Morgan fingerprint density at radius 1 is 2.00 bits per heavy atom. The lowest BCUT2D eigenvalue weighted by atomic mass is 10.8. The second-order valence-electron chi connectivity index (χ2n) is 0.664. The fraction of sp³-hybridized carbons (Fsp3) is 0.333. The molecule has 2 radical (unpaired) electrons. The predicted molar refractivity (Wildman–Crippen MR) is 20.4 cm³/mol. The topological polar surface area (TPSA) is 51.4 Å². The molecular weight excluding hydrogens is 82.0 g/mol. The molecule has 0 unspecified atom stereocenters. The lowest BCUT2D eigenvalue weighted by Gasteiger charge is -1.82. The first-order valence-corrected chi connectivity index (χ1v) is 1.47. The van der Waals surface area contributed by atoms with Crippen LogP contribution in [0.15, 0.2) is 0 Å². The van der Waals surface area contributed by atoms with Crippen molar-refractivity contribution in [2.45, 2.75) is 0 Å². The molecule has 6 heavy (non-hydrogen) atoms. The molecule has 0 bridgehead atoms. The van der Waals surface area contributed by atoms with Crippen LogP contribution in [-0.4, -0.2) is 17.7 Å². The first-order chi connectivity index (χ1) is 2.77. The number of amides is 1. The molecule has 0 atom stereocenters. The maximum absolute atomic E-state index is 9.39. The molecule has 0 heterocycles. The van der Waals surface area contributed by atoms with Gasteiger partial charge >= 0.3 is 6.09 Å². The predicted octanol–water partition coefficient (Wildman–Crippen LogP) is 0.103. The van der Waals surface area contributed by atoms with Gasteiger partial charge in [0, 0.05) is 6.54 Å². The molecule has 0 aliphatic carbocycles. The number of carboxylic acid groups (broad SMARTS) is 1. The summed E-state index contributed by atoms with van der Waals surface area (Å²) in [4.78, 5) is 9.39. The summed E-state index contributed by atoms with van der Waals surface area (Å²) < 4.78 is 0. The molecule has 3 heteroatoms. The average molecular weight is 87.1 g/mol. The second-order valence-corrected chi connectivity index (χ2v) is 0.664. The van der Waals surface area contributed by atoms with Crippen molar-refractivity contribution < 1.29 is 9.90 Å². The summed E-state index contributed by atoms with van der Waals surface area (Å²) >= 11 is 0. The van der Waals surface area contributed by atoms with E-state index < -0.39 is 6.09 Å². The molecule has 0 aromatic rings. The molecule has 1 N–H and O–H groups in total. The number of hydrogen-bond donors (Lipinski definition) is 1. The van der Waals surface area contributed by atoms with Crippen molar-refractivity contribution in [1.82, 2.24) is 5.32 Å². The SMILES string of the molecule is [CH2]C[N]C(=O)O. The third-order valence-electron chi connectivity index (χ3n) is 0.247. The standard InChI is InChI=1S/C3H5NO2/c1-2-4-3(5)6/h1-2H2,(H,5,6). The minimum atomic E-state index is -1.15. The minimum Gasteiger partial charge on any atom is -0.464 e.